The van der Waals surface area contributed by atoms with Gasteiger partial charge in [-0.1, -0.05) is 13.8 Å². The smallest absolute Gasteiger partial charge is 0.101 e. The van der Waals surface area contributed by atoms with Crippen molar-refractivity contribution < 1.29 is 0 Å². The van der Waals surface area contributed by atoms with Crippen molar-refractivity contribution in [2.24, 2.45) is 29.1 Å². The van der Waals surface area contributed by atoms with Gasteiger partial charge in [-0.3, -0.25) is 0 Å². The molecule has 4 bridgehead atoms. The highest BCUT2D eigenvalue weighted by molar-refractivity contribution is 5.12. The second-order valence-corrected chi connectivity index (χ2v) is 7.64. The van der Waals surface area contributed by atoms with Gasteiger partial charge in [0, 0.05) is 0 Å². The first kappa shape index (κ1) is 12.5. The van der Waals surface area contributed by atoms with E-state index in [1.807, 2.05) is 0 Å². The molecule has 0 heterocycles. The monoisotopic (exact) mass is 246 g/mol. The number of hydrogen-bond acceptors (Lipinski definition) is 2. The molecule has 0 aliphatic heterocycles. The molecular weight excluding hydrogens is 220 g/mol. The quantitative estimate of drug-likeness (QED) is 0.826. The molecule has 0 aromatic heterocycles. The molecule has 0 saturated heterocycles. The van der Waals surface area contributed by atoms with E-state index >= 15 is 0 Å². The third-order valence-corrected chi connectivity index (χ3v) is 5.56. The second kappa shape index (κ2) is 4.53. The fourth-order valence-electron chi connectivity index (χ4n) is 5.28. The van der Waals surface area contributed by atoms with Crippen LogP contribution in [0.25, 0.3) is 0 Å². The third-order valence-electron chi connectivity index (χ3n) is 5.56. The highest BCUT2D eigenvalue weighted by atomic mass is 14.9. The predicted molar refractivity (Wildman–Crippen MR) is 72.8 cm³/mol. The Bertz CT molecular complexity index is 317. The Labute approximate surface area is 111 Å². The van der Waals surface area contributed by atoms with Crippen molar-refractivity contribution in [1.82, 2.24) is 5.32 Å². The largest absolute Gasteiger partial charge is 0.301 e. The lowest BCUT2D eigenvalue weighted by atomic mass is 9.48. The Morgan fingerprint density at radius 1 is 1.11 bits per heavy atom. The first-order valence-electron chi connectivity index (χ1n) is 7.74. The van der Waals surface area contributed by atoms with Gasteiger partial charge in [0.1, 0.15) is 6.04 Å². The van der Waals surface area contributed by atoms with Crippen LogP contribution in [0, 0.1) is 40.4 Å². The summed E-state index contributed by atoms with van der Waals surface area (Å²) in [6.45, 7) is 5.43. The molecule has 0 aromatic carbocycles. The van der Waals surface area contributed by atoms with Crippen LogP contribution >= 0.6 is 0 Å². The van der Waals surface area contributed by atoms with Gasteiger partial charge in [0.25, 0.3) is 0 Å². The van der Waals surface area contributed by atoms with Gasteiger partial charge in [0.2, 0.25) is 0 Å². The number of nitrogens with one attached hydrogen (secondary N) is 1. The van der Waals surface area contributed by atoms with Crippen molar-refractivity contribution in [2.75, 3.05) is 6.54 Å². The fourth-order valence-corrected chi connectivity index (χ4v) is 5.28. The second-order valence-electron chi connectivity index (χ2n) is 7.64. The Balaban J connectivity index is 1.75. The molecule has 4 aliphatic rings. The molecule has 4 saturated carbocycles. The molecule has 4 fully saturated rings. The van der Waals surface area contributed by atoms with Gasteiger partial charge in [-0.15, -0.1) is 0 Å². The normalized spacial score (nSPS) is 43.1. The molecule has 1 atom stereocenters. The summed E-state index contributed by atoms with van der Waals surface area (Å²) in [5, 5.41) is 13.2. The van der Waals surface area contributed by atoms with E-state index in [-0.39, 0.29) is 6.04 Å². The molecule has 0 aromatic rings. The zero-order chi connectivity index (χ0) is 12.8. The lowest BCUT2D eigenvalue weighted by Crippen LogP contribution is -2.55. The number of rotatable bonds is 4. The highest BCUT2D eigenvalue weighted by Crippen LogP contribution is 2.61. The van der Waals surface area contributed by atoms with E-state index in [1.54, 1.807) is 0 Å². The fraction of sp³-hybridized carbons (Fsp3) is 0.938. The van der Waals surface area contributed by atoms with E-state index in [2.05, 4.69) is 25.2 Å². The number of hydrogen-bond donors (Lipinski definition) is 1. The Morgan fingerprint density at radius 3 is 2.00 bits per heavy atom. The summed E-state index contributed by atoms with van der Waals surface area (Å²) in [7, 11) is 0. The van der Waals surface area contributed by atoms with Crippen molar-refractivity contribution in [3.63, 3.8) is 0 Å². The summed E-state index contributed by atoms with van der Waals surface area (Å²) in [5.41, 5.74) is 0.332. The average Bonchev–Trinajstić information content (AvgIpc) is 2.26. The van der Waals surface area contributed by atoms with E-state index in [0.717, 1.165) is 24.3 Å². The molecule has 4 rings (SSSR count). The standard InChI is InChI=1S/C16H26N2/c1-11(2)10-18-15(9-17)16-6-12-3-13(7-16)5-14(4-12)8-16/h11-15,18H,3-8,10H2,1-2H3. The van der Waals surface area contributed by atoms with Crippen LogP contribution < -0.4 is 5.32 Å². The van der Waals surface area contributed by atoms with Crippen molar-refractivity contribution >= 4 is 0 Å². The van der Waals surface area contributed by atoms with Gasteiger partial charge in [-0.25, -0.2) is 0 Å². The lowest BCUT2D eigenvalue weighted by Gasteiger charge is -2.58. The summed E-state index contributed by atoms with van der Waals surface area (Å²) in [6, 6.07) is 2.71. The molecule has 4 aliphatic carbocycles. The SMILES string of the molecule is CC(C)CNC(C#N)C12CC3CC(CC(C3)C1)C2. The average molecular weight is 246 g/mol. The summed E-state index contributed by atoms with van der Waals surface area (Å²) < 4.78 is 0. The van der Waals surface area contributed by atoms with E-state index in [9.17, 15) is 5.26 Å². The van der Waals surface area contributed by atoms with Crippen molar-refractivity contribution in [3.05, 3.63) is 0 Å². The van der Waals surface area contributed by atoms with Gasteiger partial charge >= 0.3 is 0 Å². The van der Waals surface area contributed by atoms with Crippen LogP contribution in [0.3, 0.4) is 0 Å². The number of nitriles is 1. The van der Waals surface area contributed by atoms with E-state index in [4.69, 9.17) is 0 Å². The lowest BCUT2D eigenvalue weighted by molar-refractivity contribution is -0.0639. The molecule has 0 amide bonds. The molecule has 0 radical (unpaired) electrons. The van der Waals surface area contributed by atoms with Gasteiger partial charge < -0.3 is 5.32 Å². The van der Waals surface area contributed by atoms with Gasteiger partial charge in [-0.2, -0.15) is 5.26 Å². The maximum atomic E-state index is 9.59. The minimum Gasteiger partial charge on any atom is -0.301 e. The van der Waals surface area contributed by atoms with E-state index in [0.29, 0.717) is 11.3 Å². The maximum absolute atomic E-state index is 9.59. The first-order chi connectivity index (χ1) is 8.61. The number of nitrogens with zero attached hydrogens (tertiary/aromatic N) is 1. The summed E-state index contributed by atoms with van der Waals surface area (Å²) in [5.74, 6) is 3.45. The summed E-state index contributed by atoms with van der Waals surface area (Å²) in [4.78, 5) is 0. The Hall–Kier alpha value is -0.550. The molecule has 100 valence electrons. The highest BCUT2D eigenvalue weighted by Gasteiger charge is 2.54. The van der Waals surface area contributed by atoms with Gasteiger partial charge in [0.05, 0.1) is 6.07 Å². The topological polar surface area (TPSA) is 35.8 Å². The minimum absolute atomic E-state index is 0.105. The van der Waals surface area contributed by atoms with Crippen LogP contribution in [0.4, 0.5) is 0 Å². The zero-order valence-electron chi connectivity index (χ0n) is 11.8. The van der Waals surface area contributed by atoms with Crippen LogP contribution in [0.2, 0.25) is 0 Å². The molecule has 1 unspecified atom stereocenters. The molecule has 18 heavy (non-hydrogen) atoms. The minimum atomic E-state index is 0.105. The predicted octanol–water partition coefficient (Wildman–Crippen LogP) is 3.34. The first-order valence-corrected chi connectivity index (χ1v) is 7.74. The van der Waals surface area contributed by atoms with Crippen LogP contribution in [0.5, 0.6) is 0 Å². The van der Waals surface area contributed by atoms with E-state index < -0.39 is 0 Å². The third kappa shape index (κ3) is 2.07. The maximum Gasteiger partial charge on any atom is 0.101 e. The Kier molecular flexibility index (Phi) is 3.14. The molecule has 1 N–H and O–H groups in total. The van der Waals surface area contributed by atoms with Crippen molar-refractivity contribution in [1.29, 1.82) is 5.26 Å². The van der Waals surface area contributed by atoms with Crippen molar-refractivity contribution in [3.8, 4) is 6.07 Å². The Morgan fingerprint density at radius 2 is 1.61 bits per heavy atom. The molecule has 2 nitrogen and oxygen atoms in total. The van der Waals surface area contributed by atoms with Gasteiger partial charge in [-0.05, 0) is 74.2 Å². The van der Waals surface area contributed by atoms with Gasteiger partial charge in [0.15, 0.2) is 0 Å². The van der Waals surface area contributed by atoms with Crippen LogP contribution in [0.15, 0.2) is 0 Å². The molecule has 0 spiro atoms. The van der Waals surface area contributed by atoms with Crippen molar-refractivity contribution in [2.45, 2.75) is 58.4 Å². The summed E-state index contributed by atoms with van der Waals surface area (Å²) >= 11 is 0. The van der Waals surface area contributed by atoms with Crippen LogP contribution in [0.1, 0.15) is 52.4 Å². The van der Waals surface area contributed by atoms with E-state index in [1.165, 1.54) is 38.5 Å². The van der Waals surface area contributed by atoms with Crippen LogP contribution in [-0.4, -0.2) is 12.6 Å². The summed E-state index contributed by atoms with van der Waals surface area (Å²) in [6.07, 6.45) is 8.34. The molecule has 2 heteroatoms. The molecular formula is C16H26N2. The zero-order valence-corrected chi connectivity index (χ0v) is 11.8. The van der Waals surface area contributed by atoms with Crippen LogP contribution in [-0.2, 0) is 0 Å².